The lowest BCUT2D eigenvalue weighted by atomic mass is 10.8. The van der Waals surface area contributed by atoms with Gasteiger partial charge in [-0.05, 0) is 13.5 Å². The minimum Gasteiger partial charge on any atom is -0.469 e. The summed E-state index contributed by atoms with van der Waals surface area (Å²) in [5.74, 6) is 0.377. The van der Waals surface area contributed by atoms with Crippen molar-refractivity contribution in [2.75, 3.05) is 13.7 Å². The summed E-state index contributed by atoms with van der Waals surface area (Å²) in [4.78, 5) is 0. The molecule has 0 aliphatic heterocycles. The van der Waals surface area contributed by atoms with Crippen LogP contribution < -0.4 is 0 Å². The molecule has 0 saturated carbocycles. The molecule has 0 aliphatic rings. The Bertz CT molecular complexity index is 59.1. The quantitative estimate of drug-likeness (QED) is 0.497. The van der Waals surface area contributed by atoms with Gasteiger partial charge in [0.15, 0.2) is 0 Å². The lowest BCUT2D eigenvalue weighted by Gasteiger charge is -2.01. The maximum atomic E-state index is 4.77. The predicted octanol–water partition coefficient (Wildman–Crippen LogP) is 1.14. The lowest BCUT2D eigenvalue weighted by Crippen LogP contribution is -1.90. The first kappa shape index (κ1) is 6.34. The number of hydrogen-bond acceptors (Lipinski definition) is 2. The molecule has 0 N–H and O–H groups in total. The van der Waals surface area contributed by atoms with Crippen molar-refractivity contribution in [3.63, 3.8) is 0 Å². The lowest BCUT2D eigenvalue weighted by molar-refractivity contribution is 0.0710. The van der Waals surface area contributed by atoms with E-state index in [-0.39, 0.29) is 0 Å². The van der Waals surface area contributed by atoms with E-state index in [1.807, 2.05) is 6.92 Å². The first-order valence-corrected chi connectivity index (χ1v) is 2.17. The van der Waals surface area contributed by atoms with Gasteiger partial charge >= 0.3 is 0 Å². The first-order valence-electron chi connectivity index (χ1n) is 2.17. The molecule has 0 spiro atoms. The van der Waals surface area contributed by atoms with Crippen LogP contribution in [-0.2, 0) is 9.47 Å². The highest BCUT2D eigenvalue weighted by Gasteiger charge is 1.82. The van der Waals surface area contributed by atoms with Gasteiger partial charge in [0.05, 0.1) is 13.7 Å². The Morgan fingerprint density at radius 1 is 1.71 bits per heavy atom. The van der Waals surface area contributed by atoms with Gasteiger partial charge in [0.2, 0.25) is 0 Å². The molecule has 0 atom stereocenters. The molecule has 0 aromatic heterocycles. The van der Waals surface area contributed by atoms with Crippen LogP contribution in [0.4, 0.5) is 0 Å². The van der Waals surface area contributed by atoms with Crippen LogP contribution in [0, 0.1) is 0 Å². The van der Waals surface area contributed by atoms with Gasteiger partial charge in [-0.15, -0.1) is 0 Å². The van der Waals surface area contributed by atoms with E-state index in [1.54, 1.807) is 0 Å². The predicted molar refractivity (Wildman–Crippen MR) is 27.8 cm³/mol. The van der Waals surface area contributed by atoms with Crippen LogP contribution in [0.3, 0.4) is 0 Å². The second-order valence-electron chi connectivity index (χ2n) is 1.01. The number of rotatable bonds is 3. The van der Waals surface area contributed by atoms with Gasteiger partial charge in [0.1, 0.15) is 0 Å². The molecular formula is C5H10O2. The number of ether oxygens (including phenoxy) is 2. The Hall–Kier alpha value is -0.660. The van der Waals surface area contributed by atoms with Gasteiger partial charge in [-0.2, -0.15) is 0 Å². The molecule has 2 nitrogen and oxygen atoms in total. The monoisotopic (exact) mass is 102 g/mol. The molecule has 0 aromatic rings. The van der Waals surface area contributed by atoms with Crippen molar-refractivity contribution in [2.24, 2.45) is 0 Å². The molecule has 0 amide bonds. The van der Waals surface area contributed by atoms with E-state index in [4.69, 9.17) is 4.74 Å². The van der Waals surface area contributed by atoms with E-state index < -0.39 is 0 Å². The Balaban J connectivity index is 3.00. The standard InChI is InChI=1S/C5H10O2/c1-4-7-5(2)6-3/h2,4H2,1,3H3. The topological polar surface area (TPSA) is 18.5 Å². The average Bonchev–Trinajstić information content (AvgIpc) is 1.68. The summed E-state index contributed by atoms with van der Waals surface area (Å²) in [5.41, 5.74) is 0. The molecule has 0 saturated heterocycles. The smallest absolute Gasteiger partial charge is 0.271 e. The molecule has 0 unspecified atom stereocenters. The molecule has 42 valence electrons. The van der Waals surface area contributed by atoms with Crippen molar-refractivity contribution in [3.05, 3.63) is 12.5 Å². The van der Waals surface area contributed by atoms with Gasteiger partial charge in [0, 0.05) is 0 Å². The summed E-state index contributed by atoms with van der Waals surface area (Å²) >= 11 is 0. The maximum Gasteiger partial charge on any atom is 0.271 e. The second kappa shape index (κ2) is 3.53. The minimum absolute atomic E-state index is 0.377. The van der Waals surface area contributed by atoms with Gasteiger partial charge in [-0.25, -0.2) is 0 Å². The highest BCUT2D eigenvalue weighted by Crippen LogP contribution is 1.89. The zero-order valence-corrected chi connectivity index (χ0v) is 4.73. The Kier molecular flexibility index (Phi) is 3.19. The molecule has 0 aliphatic carbocycles. The molecule has 2 heteroatoms. The van der Waals surface area contributed by atoms with Crippen molar-refractivity contribution < 1.29 is 9.47 Å². The largest absolute Gasteiger partial charge is 0.469 e. The molecule has 0 aromatic carbocycles. The van der Waals surface area contributed by atoms with E-state index in [0.29, 0.717) is 12.6 Å². The Labute approximate surface area is 43.7 Å². The third-order valence-corrected chi connectivity index (χ3v) is 0.533. The van der Waals surface area contributed by atoms with Crippen molar-refractivity contribution >= 4 is 0 Å². The van der Waals surface area contributed by atoms with Gasteiger partial charge in [0.25, 0.3) is 5.95 Å². The van der Waals surface area contributed by atoms with Crippen molar-refractivity contribution in [3.8, 4) is 0 Å². The van der Waals surface area contributed by atoms with Crippen molar-refractivity contribution in [1.29, 1.82) is 0 Å². The summed E-state index contributed by atoms with van der Waals surface area (Å²) in [6.07, 6.45) is 0. The normalized spacial score (nSPS) is 7.71. The van der Waals surface area contributed by atoms with E-state index in [2.05, 4.69) is 11.3 Å². The molecule has 0 bridgehead atoms. The molecule has 7 heavy (non-hydrogen) atoms. The zero-order valence-electron chi connectivity index (χ0n) is 4.73. The van der Waals surface area contributed by atoms with Crippen LogP contribution in [0.15, 0.2) is 12.5 Å². The van der Waals surface area contributed by atoms with Crippen LogP contribution in [0.25, 0.3) is 0 Å². The van der Waals surface area contributed by atoms with Gasteiger partial charge < -0.3 is 9.47 Å². The summed E-state index contributed by atoms with van der Waals surface area (Å²) in [6, 6.07) is 0. The molecule has 0 radical (unpaired) electrons. The van der Waals surface area contributed by atoms with Crippen LogP contribution in [0.2, 0.25) is 0 Å². The maximum absolute atomic E-state index is 4.77. The molecular weight excluding hydrogens is 92.1 g/mol. The van der Waals surface area contributed by atoms with E-state index in [1.165, 1.54) is 7.11 Å². The number of methoxy groups -OCH3 is 1. The second-order valence-corrected chi connectivity index (χ2v) is 1.01. The third-order valence-electron chi connectivity index (χ3n) is 0.533. The summed E-state index contributed by atoms with van der Waals surface area (Å²) < 4.78 is 9.35. The SMILES string of the molecule is C=C(OC)OCC. The van der Waals surface area contributed by atoms with Gasteiger partial charge in [-0.3, -0.25) is 0 Å². The summed E-state index contributed by atoms with van der Waals surface area (Å²) in [6.45, 7) is 5.92. The van der Waals surface area contributed by atoms with Crippen molar-refractivity contribution in [1.82, 2.24) is 0 Å². The van der Waals surface area contributed by atoms with Crippen molar-refractivity contribution in [2.45, 2.75) is 6.92 Å². The molecule has 0 rings (SSSR count). The van der Waals surface area contributed by atoms with E-state index >= 15 is 0 Å². The third kappa shape index (κ3) is 3.16. The summed E-state index contributed by atoms with van der Waals surface area (Å²) in [5, 5.41) is 0. The van der Waals surface area contributed by atoms with Crippen LogP contribution in [0.5, 0.6) is 0 Å². The van der Waals surface area contributed by atoms with Crippen LogP contribution in [-0.4, -0.2) is 13.7 Å². The average molecular weight is 102 g/mol. The van der Waals surface area contributed by atoms with Crippen LogP contribution >= 0.6 is 0 Å². The minimum atomic E-state index is 0.377. The summed E-state index contributed by atoms with van der Waals surface area (Å²) in [7, 11) is 1.53. The fraction of sp³-hybridized carbons (Fsp3) is 0.600. The van der Waals surface area contributed by atoms with E-state index in [0.717, 1.165) is 0 Å². The fourth-order valence-corrected chi connectivity index (χ4v) is 0.220. The zero-order chi connectivity index (χ0) is 5.70. The Morgan fingerprint density at radius 3 is 2.43 bits per heavy atom. The highest BCUT2D eigenvalue weighted by molar-refractivity contribution is 4.64. The fourth-order valence-electron chi connectivity index (χ4n) is 0.220. The van der Waals surface area contributed by atoms with Crippen LogP contribution in [0.1, 0.15) is 6.92 Å². The first-order chi connectivity index (χ1) is 3.31. The Morgan fingerprint density at radius 2 is 2.29 bits per heavy atom. The molecule has 0 heterocycles. The molecule has 0 fully saturated rings. The van der Waals surface area contributed by atoms with Gasteiger partial charge in [-0.1, -0.05) is 0 Å². The van der Waals surface area contributed by atoms with E-state index in [9.17, 15) is 0 Å². The number of hydrogen-bond donors (Lipinski definition) is 0. The highest BCUT2D eigenvalue weighted by atomic mass is 16.7.